The number of benzene rings is 1. The molecule has 1 aliphatic heterocycles. The van der Waals surface area contributed by atoms with Gasteiger partial charge >= 0.3 is 11.9 Å². The Morgan fingerprint density at radius 3 is 2.78 bits per heavy atom. The lowest BCUT2D eigenvalue weighted by molar-refractivity contribution is 0.0534. The van der Waals surface area contributed by atoms with E-state index in [1.54, 1.807) is 24.3 Å². The molecular formula is C13H8O5. The van der Waals surface area contributed by atoms with E-state index in [0.29, 0.717) is 11.3 Å². The van der Waals surface area contributed by atoms with Gasteiger partial charge in [-0.3, -0.25) is 0 Å². The number of fused-ring (bicyclic) bond motifs is 1. The highest BCUT2D eigenvalue weighted by Gasteiger charge is 2.21. The second kappa shape index (κ2) is 3.73. The maximum absolute atomic E-state index is 11.3. The minimum atomic E-state index is -1.11. The highest BCUT2D eigenvalue weighted by atomic mass is 16.5. The van der Waals surface area contributed by atoms with Gasteiger partial charge in [-0.15, -0.1) is 0 Å². The van der Waals surface area contributed by atoms with Gasteiger partial charge < -0.3 is 14.3 Å². The Labute approximate surface area is 102 Å². The summed E-state index contributed by atoms with van der Waals surface area (Å²) in [5.74, 6) is -1.10. The molecule has 0 aliphatic carbocycles. The predicted molar refractivity (Wildman–Crippen MR) is 60.2 cm³/mol. The number of ether oxygens (including phenoxy) is 1. The van der Waals surface area contributed by atoms with E-state index in [-0.39, 0.29) is 18.3 Å². The Hall–Kier alpha value is -2.56. The van der Waals surface area contributed by atoms with Crippen LogP contribution in [-0.2, 0) is 11.3 Å². The van der Waals surface area contributed by atoms with Crippen molar-refractivity contribution in [1.29, 1.82) is 0 Å². The van der Waals surface area contributed by atoms with Crippen LogP contribution in [0.2, 0.25) is 0 Å². The molecule has 3 rings (SSSR count). The van der Waals surface area contributed by atoms with Gasteiger partial charge in [0, 0.05) is 11.1 Å². The fourth-order valence-electron chi connectivity index (χ4n) is 1.89. The number of carboxylic acid groups (broad SMARTS) is 1. The molecule has 1 aliphatic rings. The summed E-state index contributed by atoms with van der Waals surface area (Å²) in [6.45, 7) is 0.245. The number of carbonyl (C=O) groups excluding carboxylic acids is 1. The number of rotatable bonds is 2. The van der Waals surface area contributed by atoms with Gasteiger partial charge in [-0.1, -0.05) is 6.07 Å². The topological polar surface area (TPSA) is 76.7 Å². The van der Waals surface area contributed by atoms with E-state index in [4.69, 9.17) is 14.3 Å². The van der Waals surface area contributed by atoms with Crippen LogP contribution in [0.25, 0.3) is 11.3 Å². The third-order valence-corrected chi connectivity index (χ3v) is 2.79. The summed E-state index contributed by atoms with van der Waals surface area (Å²) in [6.07, 6.45) is 0. The SMILES string of the molecule is O=C(O)c1ccc(-c2ccc3c(c2)COC3=O)o1. The van der Waals surface area contributed by atoms with Crippen LogP contribution in [0.15, 0.2) is 34.7 Å². The van der Waals surface area contributed by atoms with Crippen molar-refractivity contribution in [3.05, 3.63) is 47.2 Å². The van der Waals surface area contributed by atoms with Gasteiger partial charge in [-0.25, -0.2) is 9.59 Å². The highest BCUT2D eigenvalue weighted by Crippen LogP contribution is 2.28. The van der Waals surface area contributed by atoms with Gasteiger partial charge in [0.25, 0.3) is 0 Å². The lowest BCUT2D eigenvalue weighted by atomic mass is 10.0. The second-order valence-electron chi connectivity index (χ2n) is 3.92. The second-order valence-corrected chi connectivity index (χ2v) is 3.92. The van der Waals surface area contributed by atoms with E-state index in [1.165, 1.54) is 6.07 Å². The van der Waals surface area contributed by atoms with Crippen molar-refractivity contribution >= 4 is 11.9 Å². The smallest absolute Gasteiger partial charge is 0.371 e. The van der Waals surface area contributed by atoms with Gasteiger partial charge in [0.2, 0.25) is 5.76 Å². The quantitative estimate of drug-likeness (QED) is 0.820. The molecule has 0 amide bonds. The van der Waals surface area contributed by atoms with Crippen LogP contribution in [0.3, 0.4) is 0 Å². The molecule has 0 spiro atoms. The summed E-state index contributed by atoms with van der Waals surface area (Å²) >= 11 is 0. The molecule has 0 atom stereocenters. The van der Waals surface area contributed by atoms with Gasteiger partial charge in [0.05, 0.1) is 5.56 Å². The number of hydrogen-bond acceptors (Lipinski definition) is 4. The number of carbonyl (C=O) groups is 2. The normalized spacial score (nSPS) is 13.2. The molecule has 2 heterocycles. The molecule has 18 heavy (non-hydrogen) atoms. The average Bonchev–Trinajstić information content (AvgIpc) is 2.96. The molecule has 0 saturated heterocycles. The van der Waals surface area contributed by atoms with Gasteiger partial charge in [-0.05, 0) is 24.3 Å². The molecule has 0 bridgehead atoms. The minimum absolute atomic E-state index is 0.113. The number of hydrogen-bond donors (Lipinski definition) is 1. The van der Waals surface area contributed by atoms with Gasteiger partial charge in [0.1, 0.15) is 12.4 Å². The molecule has 2 aromatic rings. The van der Waals surface area contributed by atoms with Crippen LogP contribution in [0.5, 0.6) is 0 Å². The van der Waals surface area contributed by atoms with Crippen molar-refractivity contribution in [3.63, 3.8) is 0 Å². The predicted octanol–water partition coefficient (Wildman–Crippen LogP) is 2.32. The summed E-state index contributed by atoms with van der Waals surface area (Å²) in [5.41, 5.74) is 2.05. The summed E-state index contributed by atoms with van der Waals surface area (Å²) in [7, 11) is 0. The Balaban J connectivity index is 2.02. The van der Waals surface area contributed by atoms with Crippen LogP contribution < -0.4 is 0 Å². The minimum Gasteiger partial charge on any atom is -0.475 e. The maximum atomic E-state index is 11.3. The fourth-order valence-corrected chi connectivity index (χ4v) is 1.89. The van der Waals surface area contributed by atoms with Crippen molar-refractivity contribution in [1.82, 2.24) is 0 Å². The summed E-state index contributed by atoms with van der Waals surface area (Å²) < 4.78 is 10.1. The van der Waals surface area contributed by atoms with Crippen LogP contribution in [0, 0.1) is 0 Å². The zero-order valence-electron chi connectivity index (χ0n) is 9.17. The largest absolute Gasteiger partial charge is 0.475 e. The van der Waals surface area contributed by atoms with E-state index >= 15 is 0 Å². The van der Waals surface area contributed by atoms with Crippen molar-refractivity contribution in [2.45, 2.75) is 6.61 Å². The summed E-state index contributed by atoms with van der Waals surface area (Å²) in [4.78, 5) is 22.0. The Morgan fingerprint density at radius 1 is 1.22 bits per heavy atom. The van der Waals surface area contributed by atoms with E-state index in [1.807, 2.05) is 0 Å². The zero-order valence-corrected chi connectivity index (χ0v) is 9.17. The lowest BCUT2D eigenvalue weighted by Crippen LogP contribution is -1.93. The van der Waals surface area contributed by atoms with Crippen LogP contribution in [0.1, 0.15) is 26.5 Å². The number of esters is 1. The summed E-state index contributed by atoms with van der Waals surface area (Å²) in [6, 6.07) is 8.11. The standard InChI is InChI=1S/C13H8O5/c14-12(15)11-4-3-10(18-11)7-1-2-9-8(5-7)6-17-13(9)16/h1-5H,6H2,(H,14,15). The van der Waals surface area contributed by atoms with Gasteiger partial charge in [0.15, 0.2) is 0 Å². The summed E-state index contributed by atoms with van der Waals surface area (Å²) in [5, 5.41) is 8.78. The molecule has 1 N–H and O–H groups in total. The molecule has 0 radical (unpaired) electrons. The molecule has 5 heteroatoms. The number of aromatic carboxylic acids is 1. The Bertz CT molecular complexity index is 653. The maximum Gasteiger partial charge on any atom is 0.371 e. The number of cyclic esters (lactones) is 1. The first-order valence-corrected chi connectivity index (χ1v) is 5.29. The third kappa shape index (κ3) is 1.57. The average molecular weight is 244 g/mol. The molecule has 0 saturated carbocycles. The van der Waals surface area contributed by atoms with E-state index in [9.17, 15) is 9.59 Å². The van der Waals surface area contributed by atoms with E-state index < -0.39 is 5.97 Å². The fraction of sp³-hybridized carbons (Fsp3) is 0.0769. The third-order valence-electron chi connectivity index (χ3n) is 2.79. The van der Waals surface area contributed by atoms with E-state index in [2.05, 4.69) is 0 Å². The van der Waals surface area contributed by atoms with Crippen molar-refractivity contribution in [3.8, 4) is 11.3 Å². The molecular weight excluding hydrogens is 236 g/mol. The van der Waals surface area contributed by atoms with Crippen molar-refractivity contribution in [2.24, 2.45) is 0 Å². The molecule has 0 fully saturated rings. The zero-order chi connectivity index (χ0) is 12.7. The van der Waals surface area contributed by atoms with Crippen molar-refractivity contribution < 1.29 is 23.8 Å². The lowest BCUT2D eigenvalue weighted by Gasteiger charge is -1.99. The molecule has 1 aromatic carbocycles. The first-order chi connectivity index (χ1) is 8.65. The van der Waals surface area contributed by atoms with E-state index in [0.717, 1.165) is 11.1 Å². The van der Waals surface area contributed by atoms with Crippen LogP contribution in [0.4, 0.5) is 0 Å². The molecule has 1 aromatic heterocycles. The van der Waals surface area contributed by atoms with Crippen LogP contribution in [-0.4, -0.2) is 17.0 Å². The van der Waals surface area contributed by atoms with Crippen LogP contribution >= 0.6 is 0 Å². The Morgan fingerprint density at radius 2 is 2.06 bits per heavy atom. The number of furan rings is 1. The van der Waals surface area contributed by atoms with Gasteiger partial charge in [-0.2, -0.15) is 0 Å². The molecule has 90 valence electrons. The highest BCUT2D eigenvalue weighted by molar-refractivity contribution is 5.94. The first-order valence-electron chi connectivity index (χ1n) is 5.29. The van der Waals surface area contributed by atoms with Crippen molar-refractivity contribution in [2.75, 3.05) is 0 Å². The monoisotopic (exact) mass is 244 g/mol. The molecule has 0 unspecified atom stereocenters. The number of carboxylic acids is 1. The Kier molecular flexibility index (Phi) is 2.19. The molecule has 5 nitrogen and oxygen atoms in total. The first kappa shape index (κ1) is 10.6.